The Morgan fingerprint density at radius 2 is 1.52 bits per heavy atom. The topological polar surface area (TPSA) is 148 Å². The van der Waals surface area contributed by atoms with E-state index in [1.807, 2.05) is 6.92 Å². The van der Waals surface area contributed by atoms with Crippen molar-refractivity contribution in [2.75, 3.05) is 18.8 Å². The molecule has 0 aliphatic heterocycles. The first-order valence-corrected chi connectivity index (χ1v) is 9.07. The Morgan fingerprint density at radius 1 is 1.08 bits per heavy atom. The van der Waals surface area contributed by atoms with Gasteiger partial charge in [-0.15, -0.1) is 0 Å². The second-order valence-corrected chi connectivity index (χ2v) is 7.21. The van der Waals surface area contributed by atoms with E-state index in [2.05, 4.69) is 23.8 Å². The van der Waals surface area contributed by atoms with Gasteiger partial charge in [-0.3, -0.25) is 4.79 Å². The highest BCUT2D eigenvalue weighted by atomic mass is 32.2. The lowest BCUT2D eigenvalue weighted by Crippen LogP contribution is -2.25. The van der Waals surface area contributed by atoms with Crippen LogP contribution in [0.4, 0.5) is 0 Å². The number of aryl methyl sites for hydroxylation is 1. The molecule has 0 saturated carbocycles. The molecular weight excluding hydrogens is 344 g/mol. The van der Waals surface area contributed by atoms with Gasteiger partial charge in [-0.05, 0) is 25.5 Å². The molecule has 0 amide bonds. The van der Waals surface area contributed by atoms with Gasteiger partial charge in [0, 0.05) is 13.1 Å². The zero-order valence-electron chi connectivity index (χ0n) is 14.3. The Labute approximate surface area is 148 Å². The van der Waals surface area contributed by atoms with E-state index in [9.17, 15) is 13.2 Å². The fourth-order valence-corrected chi connectivity index (χ4v) is 2.62. The smallest absolute Gasteiger partial charge is 0.319 e. The highest BCUT2D eigenvalue weighted by Crippen LogP contribution is 2.11. The molecule has 8 nitrogen and oxygen atoms in total. The normalized spacial score (nSPS) is 10.1. The minimum absolute atomic E-state index is 0.0468. The summed E-state index contributed by atoms with van der Waals surface area (Å²) >= 11 is 0. The first-order chi connectivity index (χ1) is 11.5. The molecule has 25 heavy (non-hydrogen) atoms. The van der Waals surface area contributed by atoms with Crippen LogP contribution < -0.4 is 22.1 Å². The van der Waals surface area contributed by atoms with Crippen molar-refractivity contribution in [3.05, 3.63) is 54.6 Å². The van der Waals surface area contributed by atoms with Crippen LogP contribution in [0.5, 0.6) is 0 Å². The number of rotatable bonds is 9. The summed E-state index contributed by atoms with van der Waals surface area (Å²) in [5.41, 5.74) is 11.5. The van der Waals surface area contributed by atoms with Gasteiger partial charge >= 0.3 is 5.97 Å². The second-order valence-electron chi connectivity index (χ2n) is 5.22. The number of benzene rings is 1. The fourth-order valence-electron chi connectivity index (χ4n) is 1.58. The maximum absolute atomic E-state index is 11.4. The molecule has 0 saturated heterocycles. The summed E-state index contributed by atoms with van der Waals surface area (Å²) in [6.45, 7) is 10.4. The quantitative estimate of drug-likeness (QED) is 0.389. The molecule has 0 unspecified atom stereocenters. The SMILES string of the molecule is C=C(N)NCCCNC(=C)N.Cc1ccc(S(=O)(=O)CC(=O)O)cc1. The molecule has 0 bridgehead atoms. The van der Waals surface area contributed by atoms with Gasteiger partial charge in [0.05, 0.1) is 16.5 Å². The molecule has 0 spiro atoms. The molecular formula is C16H26N4O4S. The maximum Gasteiger partial charge on any atom is 0.319 e. The lowest BCUT2D eigenvalue weighted by atomic mass is 10.2. The molecule has 1 rings (SSSR count). The standard InChI is InChI=1S/C9H10O4S.C7H16N4/c1-7-2-4-8(5-3-7)14(12,13)6-9(10)11;1-6(8)10-4-3-5-11-7(2)9/h2-5H,6H2,1H3,(H,10,11);10-11H,1-5,8-9H2. The lowest BCUT2D eigenvalue weighted by molar-refractivity contribution is -0.134. The summed E-state index contributed by atoms with van der Waals surface area (Å²) in [5, 5.41) is 14.2. The van der Waals surface area contributed by atoms with Gasteiger partial charge in [0.25, 0.3) is 0 Å². The predicted molar refractivity (Wildman–Crippen MR) is 98.1 cm³/mol. The molecule has 0 radical (unpaired) electrons. The molecule has 9 heteroatoms. The van der Waals surface area contributed by atoms with Crippen molar-refractivity contribution in [1.29, 1.82) is 0 Å². The number of carboxylic acid groups (broad SMARTS) is 1. The number of nitrogens with two attached hydrogens (primary N) is 2. The van der Waals surface area contributed by atoms with Crippen molar-refractivity contribution in [1.82, 2.24) is 10.6 Å². The molecule has 1 aromatic rings. The van der Waals surface area contributed by atoms with Gasteiger partial charge in [0.1, 0.15) is 0 Å². The maximum atomic E-state index is 11.4. The zero-order chi connectivity index (χ0) is 19.5. The zero-order valence-corrected chi connectivity index (χ0v) is 15.1. The molecule has 140 valence electrons. The molecule has 7 N–H and O–H groups in total. The molecule has 0 fully saturated rings. The van der Waals surface area contributed by atoms with Crippen molar-refractivity contribution >= 4 is 15.8 Å². The average Bonchev–Trinajstić information content (AvgIpc) is 2.46. The number of carboxylic acids is 1. The van der Waals surface area contributed by atoms with E-state index in [0.29, 0.717) is 11.6 Å². The highest BCUT2D eigenvalue weighted by molar-refractivity contribution is 7.92. The van der Waals surface area contributed by atoms with Crippen molar-refractivity contribution in [2.45, 2.75) is 18.2 Å². The fraction of sp³-hybridized carbons (Fsp3) is 0.312. The first-order valence-electron chi connectivity index (χ1n) is 7.42. The third-order valence-corrected chi connectivity index (χ3v) is 4.37. The molecule has 0 aliphatic rings. The van der Waals surface area contributed by atoms with Gasteiger partial charge in [0.2, 0.25) is 0 Å². The van der Waals surface area contributed by atoms with Crippen molar-refractivity contribution in [3.8, 4) is 0 Å². The predicted octanol–water partition coefficient (Wildman–Crippen LogP) is 0.269. The Bertz CT molecular complexity index is 669. The lowest BCUT2D eigenvalue weighted by Gasteiger charge is -2.06. The summed E-state index contributed by atoms with van der Waals surface area (Å²) in [5.74, 6) is -1.21. The monoisotopic (exact) mass is 370 g/mol. The van der Waals surface area contributed by atoms with Gasteiger partial charge in [0.15, 0.2) is 15.6 Å². The van der Waals surface area contributed by atoms with Crippen molar-refractivity contribution < 1.29 is 18.3 Å². The van der Waals surface area contributed by atoms with Crippen molar-refractivity contribution in [2.24, 2.45) is 11.5 Å². The van der Waals surface area contributed by atoms with E-state index in [4.69, 9.17) is 16.6 Å². The molecule has 1 aromatic carbocycles. The first kappa shape index (κ1) is 22.3. The van der Waals surface area contributed by atoms with Gasteiger partial charge in [-0.25, -0.2) is 8.42 Å². The summed E-state index contributed by atoms with van der Waals surface area (Å²) in [6.07, 6.45) is 0.937. The summed E-state index contributed by atoms with van der Waals surface area (Å²) in [6, 6.07) is 6.09. The molecule has 0 aliphatic carbocycles. The highest BCUT2D eigenvalue weighted by Gasteiger charge is 2.17. The van der Waals surface area contributed by atoms with Crippen LogP contribution in [0.2, 0.25) is 0 Å². The van der Waals surface area contributed by atoms with Crippen LogP contribution in [0.1, 0.15) is 12.0 Å². The largest absolute Gasteiger partial charge is 0.480 e. The third kappa shape index (κ3) is 11.5. The van der Waals surface area contributed by atoms with Gasteiger partial charge < -0.3 is 27.2 Å². The molecule has 0 heterocycles. The van der Waals surface area contributed by atoms with Gasteiger partial charge in [-0.1, -0.05) is 30.9 Å². The van der Waals surface area contributed by atoms with E-state index >= 15 is 0 Å². The summed E-state index contributed by atoms with van der Waals surface area (Å²) < 4.78 is 22.7. The third-order valence-electron chi connectivity index (χ3n) is 2.75. The minimum Gasteiger partial charge on any atom is -0.480 e. The molecule has 0 atom stereocenters. The Morgan fingerprint density at radius 3 is 1.88 bits per heavy atom. The average molecular weight is 370 g/mol. The number of aliphatic carboxylic acids is 1. The van der Waals surface area contributed by atoms with Crippen LogP contribution in [0.3, 0.4) is 0 Å². The van der Waals surface area contributed by atoms with Crippen molar-refractivity contribution in [3.63, 3.8) is 0 Å². The summed E-state index contributed by atoms with van der Waals surface area (Å²) in [7, 11) is -3.68. The van der Waals surface area contributed by atoms with Crippen LogP contribution in [0.15, 0.2) is 54.0 Å². The van der Waals surface area contributed by atoms with Crippen LogP contribution >= 0.6 is 0 Å². The number of hydrogen-bond acceptors (Lipinski definition) is 7. The number of sulfone groups is 1. The second kappa shape index (κ2) is 11.0. The number of nitrogens with one attached hydrogen (secondary N) is 2. The minimum atomic E-state index is -3.68. The van der Waals surface area contributed by atoms with Gasteiger partial charge in [-0.2, -0.15) is 0 Å². The van der Waals surface area contributed by atoms with Crippen LogP contribution in [-0.2, 0) is 14.6 Å². The number of hydrogen-bond donors (Lipinski definition) is 5. The van der Waals surface area contributed by atoms with Crippen LogP contribution in [0, 0.1) is 6.92 Å². The van der Waals surface area contributed by atoms with Crippen LogP contribution in [-0.4, -0.2) is 38.3 Å². The number of carbonyl (C=O) groups is 1. The van der Waals surface area contributed by atoms with E-state index in [1.54, 1.807) is 12.1 Å². The van der Waals surface area contributed by atoms with E-state index in [-0.39, 0.29) is 4.90 Å². The summed E-state index contributed by atoms with van der Waals surface area (Å²) in [4.78, 5) is 10.3. The van der Waals surface area contributed by atoms with E-state index < -0.39 is 21.6 Å². The van der Waals surface area contributed by atoms with E-state index in [0.717, 1.165) is 25.1 Å². The Hall–Kier alpha value is -2.68. The molecule has 0 aromatic heterocycles. The van der Waals surface area contributed by atoms with E-state index in [1.165, 1.54) is 12.1 Å². The Kier molecular flexibility index (Phi) is 9.80. The van der Waals surface area contributed by atoms with Crippen LogP contribution in [0.25, 0.3) is 0 Å². The Balaban J connectivity index is 0.000000477.